The van der Waals surface area contributed by atoms with Crippen molar-refractivity contribution in [3.63, 3.8) is 0 Å². The summed E-state index contributed by atoms with van der Waals surface area (Å²) in [5, 5.41) is 2.84. The molecule has 0 bridgehead atoms. The summed E-state index contributed by atoms with van der Waals surface area (Å²) in [7, 11) is 0. The van der Waals surface area contributed by atoms with Gasteiger partial charge in [-0.3, -0.25) is 19.3 Å². The lowest BCUT2D eigenvalue weighted by atomic mass is 9.75. The van der Waals surface area contributed by atoms with Crippen molar-refractivity contribution in [2.75, 3.05) is 23.6 Å². The van der Waals surface area contributed by atoms with Crippen LogP contribution >= 0.6 is 0 Å². The molecule has 2 aromatic rings. The molecule has 0 aromatic heterocycles. The Bertz CT molecular complexity index is 1250. The second-order valence-electron chi connectivity index (χ2n) is 8.87. The number of carbonyl (C=O) groups is 3. The molecule has 1 N–H and O–H groups in total. The van der Waals surface area contributed by atoms with Gasteiger partial charge in [0.1, 0.15) is 11.4 Å². The molecule has 7 rings (SSSR count). The first-order valence-corrected chi connectivity index (χ1v) is 10.7. The number of benzene rings is 2. The number of ether oxygens (including phenoxy) is 2. The lowest BCUT2D eigenvalue weighted by Crippen LogP contribution is -2.54. The third-order valence-corrected chi connectivity index (χ3v) is 7.57. The van der Waals surface area contributed by atoms with Crippen LogP contribution in [0.25, 0.3) is 0 Å². The number of imide groups is 1. The predicted octanol–water partition coefficient (Wildman–Crippen LogP) is 1.99. The zero-order chi connectivity index (χ0) is 21.8. The third-order valence-electron chi connectivity index (χ3n) is 7.57. The fourth-order valence-corrected chi connectivity index (χ4v) is 6.45. The largest absolute Gasteiger partial charge is 0.454 e. The molecule has 9 heteroatoms. The van der Waals surface area contributed by atoms with Crippen LogP contribution in [0.1, 0.15) is 18.4 Å². The van der Waals surface area contributed by atoms with E-state index in [1.54, 1.807) is 18.2 Å². The van der Waals surface area contributed by atoms with Crippen molar-refractivity contribution in [1.82, 2.24) is 4.90 Å². The van der Waals surface area contributed by atoms with Crippen LogP contribution in [0.15, 0.2) is 36.4 Å². The van der Waals surface area contributed by atoms with Crippen LogP contribution < -0.4 is 19.7 Å². The van der Waals surface area contributed by atoms with Crippen LogP contribution in [0.2, 0.25) is 0 Å². The average molecular weight is 435 g/mol. The van der Waals surface area contributed by atoms with Crippen LogP contribution in [0.3, 0.4) is 0 Å². The molecule has 32 heavy (non-hydrogen) atoms. The lowest BCUT2D eigenvalue weighted by molar-refractivity contribution is -0.135. The van der Waals surface area contributed by atoms with Gasteiger partial charge in [-0.1, -0.05) is 0 Å². The predicted molar refractivity (Wildman–Crippen MR) is 108 cm³/mol. The van der Waals surface area contributed by atoms with E-state index in [0.29, 0.717) is 41.4 Å². The van der Waals surface area contributed by atoms with Crippen LogP contribution in [0, 0.1) is 17.7 Å². The number of fused-ring (bicyclic) bond motifs is 8. The number of hydrogen-bond donors (Lipinski definition) is 1. The van der Waals surface area contributed by atoms with Gasteiger partial charge in [0.05, 0.1) is 17.5 Å². The van der Waals surface area contributed by atoms with Gasteiger partial charge in [-0.05, 0) is 49.7 Å². The standard InChI is InChI=1S/C23H18FN3O5/c24-11-3-5-14-13(8-11)23(22(30)25-14)19-18(15-2-1-7-26(15)23)20(28)27(21(19)29)12-4-6-16-17(9-12)32-10-31-16/h3-6,8-9,15,18-19H,1-2,7,10H2,(H,25,30)/t15-,18+,19+,23+/m0/s1. The summed E-state index contributed by atoms with van der Waals surface area (Å²) in [6.45, 7) is 0.653. The Kier molecular flexibility index (Phi) is 3.32. The molecule has 3 fully saturated rings. The third kappa shape index (κ3) is 1.94. The number of nitrogens with zero attached hydrogens (tertiary/aromatic N) is 2. The summed E-state index contributed by atoms with van der Waals surface area (Å²) in [4.78, 5) is 44.2. The number of hydrogen-bond acceptors (Lipinski definition) is 6. The highest BCUT2D eigenvalue weighted by molar-refractivity contribution is 6.26. The van der Waals surface area contributed by atoms with Crippen LogP contribution in [-0.4, -0.2) is 42.0 Å². The second kappa shape index (κ2) is 5.86. The summed E-state index contributed by atoms with van der Waals surface area (Å²) >= 11 is 0. The molecular formula is C23H18FN3O5. The molecule has 1 spiro atoms. The van der Waals surface area contributed by atoms with Crippen molar-refractivity contribution in [2.24, 2.45) is 11.8 Å². The molecule has 2 aromatic carbocycles. The summed E-state index contributed by atoms with van der Waals surface area (Å²) in [6.07, 6.45) is 1.51. The summed E-state index contributed by atoms with van der Waals surface area (Å²) < 4.78 is 25.1. The van der Waals surface area contributed by atoms with Crippen LogP contribution in [0.4, 0.5) is 15.8 Å². The fourth-order valence-electron chi connectivity index (χ4n) is 6.45. The minimum atomic E-state index is -1.39. The van der Waals surface area contributed by atoms with Gasteiger partial charge in [0.2, 0.25) is 24.5 Å². The Morgan fingerprint density at radius 2 is 1.88 bits per heavy atom. The Labute approximate surface area is 181 Å². The van der Waals surface area contributed by atoms with E-state index in [-0.39, 0.29) is 24.6 Å². The first kappa shape index (κ1) is 18.1. The van der Waals surface area contributed by atoms with Crippen molar-refractivity contribution in [1.29, 1.82) is 0 Å². The van der Waals surface area contributed by atoms with Crippen LogP contribution in [0.5, 0.6) is 11.5 Å². The second-order valence-corrected chi connectivity index (χ2v) is 8.87. The first-order valence-electron chi connectivity index (χ1n) is 10.7. The topological polar surface area (TPSA) is 88.2 Å². The van der Waals surface area contributed by atoms with Gasteiger partial charge in [0.15, 0.2) is 11.5 Å². The van der Waals surface area contributed by atoms with E-state index in [4.69, 9.17) is 9.47 Å². The highest BCUT2D eigenvalue weighted by atomic mass is 19.1. The Morgan fingerprint density at radius 3 is 2.75 bits per heavy atom. The summed E-state index contributed by atoms with van der Waals surface area (Å²) in [5.74, 6) is -2.21. The molecule has 0 saturated carbocycles. The van der Waals surface area contributed by atoms with Crippen molar-refractivity contribution < 1.29 is 28.2 Å². The molecule has 0 aliphatic carbocycles. The van der Waals surface area contributed by atoms with Crippen molar-refractivity contribution >= 4 is 29.1 Å². The maximum absolute atomic E-state index is 14.3. The quantitative estimate of drug-likeness (QED) is 0.690. The molecule has 3 saturated heterocycles. The smallest absolute Gasteiger partial charge is 0.250 e. The van der Waals surface area contributed by atoms with Gasteiger partial charge in [-0.2, -0.15) is 0 Å². The SMILES string of the molecule is O=C1[C@@H]2[C@@H]3CCCN3[C@@]3(C(=O)Nc4ccc(F)cc43)[C@H]2C(=O)N1c1ccc2c(c1)OCO2. The fraction of sp³-hybridized carbons (Fsp3) is 0.348. The minimum Gasteiger partial charge on any atom is -0.454 e. The lowest BCUT2D eigenvalue weighted by Gasteiger charge is -2.36. The van der Waals surface area contributed by atoms with Gasteiger partial charge < -0.3 is 14.8 Å². The van der Waals surface area contributed by atoms with E-state index in [0.717, 1.165) is 6.42 Å². The molecule has 5 heterocycles. The maximum Gasteiger partial charge on any atom is 0.250 e. The minimum absolute atomic E-state index is 0.0780. The highest BCUT2D eigenvalue weighted by Crippen LogP contribution is 2.60. The van der Waals surface area contributed by atoms with E-state index in [9.17, 15) is 18.8 Å². The molecule has 3 amide bonds. The first-order chi connectivity index (χ1) is 15.5. The number of amides is 3. The Morgan fingerprint density at radius 1 is 1.03 bits per heavy atom. The maximum atomic E-state index is 14.3. The zero-order valence-corrected chi connectivity index (χ0v) is 16.8. The van der Waals surface area contributed by atoms with Gasteiger partial charge in [-0.15, -0.1) is 0 Å². The monoisotopic (exact) mass is 435 g/mol. The van der Waals surface area contributed by atoms with Gasteiger partial charge in [-0.25, -0.2) is 9.29 Å². The Hall–Kier alpha value is -3.46. The molecule has 8 nitrogen and oxygen atoms in total. The number of rotatable bonds is 1. The molecule has 5 aliphatic rings. The van der Waals surface area contributed by atoms with Gasteiger partial charge in [0, 0.05) is 23.4 Å². The zero-order valence-electron chi connectivity index (χ0n) is 16.8. The van der Waals surface area contributed by atoms with E-state index in [1.165, 1.54) is 23.1 Å². The number of halogens is 1. The van der Waals surface area contributed by atoms with Gasteiger partial charge >= 0.3 is 0 Å². The molecule has 0 radical (unpaired) electrons. The molecular weight excluding hydrogens is 417 g/mol. The Balaban J connectivity index is 1.41. The molecule has 162 valence electrons. The molecule has 5 aliphatic heterocycles. The van der Waals surface area contributed by atoms with E-state index in [2.05, 4.69) is 5.32 Å². The molecule has 4 atom stereocenters. The molecule has 0 unspecified atom stereocenters. The van der Waals surface area contributed by atoms with Crippen LogP contribution in [-0.2, 0) is 19.9 Å². The van der Waals surface area contributed by atoms with Crippen molar-refractivity contribution in [2.45, 2.75) is 24.4 Å². The van der Waals surface area contributed by atoms with Gasteiger partial charge in [0.25, 0.3) is 0 Å². The highest BCUT2D eigenvalue weighted by Gasteiger charge is 2.74. The summed E-state index contributed by atoms with van der Waals surface area (Å²) in [6, 6.07) is 8.80. The van der Waals surface area contributed by atoms with Crippen molar-refractivity contribution in [3.8, 4) is 11.5 Å². The van der Waals surface area contributed by atoms with E-state index >= 15 is 0 Å². The normalized spacial score (nSPS) is 32.0. The number of carbonyl (C=O) groups excluding carboxylic acids is 3. The van der Waals surface area contributed by atoms with E-state index in [1.807, 2.05) is 4.90 Å². The average Bonchev–Trinajstić information content (AvgIpc) is 3.55. The number of nitrogens with one attached hydrogen (secondary N) is 1. The van der Waals surface area contributed by atoms with E-state index < -0.39 is 29.1 Å². The summed E-state index contributed by atoms with van der Waals surface area (Å²) in [5.41, 5.74) is -0.0718. The number of anilines is 2. The van der Waals surface area contributed by atoms with Crippen molar-refractivity contribution in [3.05, 3.63) is 47.8 Å².